The highest BCUT2D eigenvalue weighted by molar-refractivity contribution is 8.18. The number of fused-ring (bicyclic) bond motifs is 2. The van der Waals surface area contributed by atoms with Gasteiger partial charge in [-0.05, 0) is 74.3 Å². The van der Waals surface area contributed by atoms with Crippen LogP contribution in [0.15, 0.2) is 29.2 Å². The molecular weight excluding hydrogens is 384 g/mol. The van der Waals surface area contributed by atoms with Crippen LogP contribution < -0.4 is 5.32 Å². The van der Waals surface area contributed by atoms with Crippen molar-refractivity contribution in [3.8, 4) is 0 Å². The van der Waals surface area contributed by atoms with Crippen LogP contribution in [-0.2, 0) is 9.59 Å². The standard InChI is InChI=1S/C23H28N2O3S/c1-14-4-3-5-16(10-14)13-20-22(27)25(23(28)29-20)9-8-21(26)24-15(2)19-12-17-6-7-18(19)11-17/h3-5,10,13,15,17-19H,6-9,11-12H2,1-2H3,(H,24,26)/b20-13-/t15-,17-,18+,19-/m1/s1. The third kappa shape index (κ3) is 4.42. The minimum atomic E-state index is -0.310. The van der Waals surface area contributed by atoms with E-state index in [1.165, 1.54) is 30.6 Å². The fourth-order valence-electron chi connectivity index (χ4n) is 5.16. The van der Waals surface area contributed by atoms with Gasteiger partial charge in [0.1, 0.15) is 0 Å². The van der Waals surface area contributed by atoms with Gasteiger partial charge in [0.2, 0.25) is 5.91 Å². The number of rotatable bonds is 6. The van der Waals surface area contributed by atoms with E-state index in [2.05, 4.69) is 12.2 Å². The number of aryl methyl sites for hydroxylation is 1. The van der Waals surface area contributed by atoms with Crippen molar-refractivity contribution in [1.82, 2.24) is 10.2 Å². The zero-order valence-electron chi connectivity index (χ0n) is 17.0. The van der Waals surface area contributed by atoms with Gasteiger partial charge in [-0.1, -0.05) is 36.2 Å². The van der Waals surface area contributed by atoms with E-state index in [4.69, 9.17) is 0 Å². The Balaban J connectivity index is 1.30. The van der Waals surface area contributed by atoms with Crippen molar-refractivity contribution >= 4 is 34.9 Å². The van der Waals surface area contributed by atoms with Crippen molar-refractivity contribution in [1.29, 1.82) is 0 Å². The molecule has 1 aromatic carbocycles. The number of hydrogen-bond acceptors (Lipinski definition) is 4. The molecule has 1 aliphatic heterocycles. The molecule has 0 radical (unpaired) electrons. The highest BCUT2D eigenvalue weighted by atomic mass is 32.2. The largest absolute Gasteiger partial charge is 0.353 e. The first-order valence-electron chi connectivity index (χ1n) is 10.5. The number of carbonyl (C=O) groups excluding carboxylic acids is 3. The molecule has 4 atom stereocenters. The molecule has 2 aliphatic carbocycles. The molecule has 3 amide bonds. The Labute approximate surface area is 176 Å². The Morgan fingerprint density at radius 3 is 2.83 bits per heavy atom. The topological polar surface area (TPSA) is 66.5 Å². The van der Waals surface area contributed by atoms with E-state index in [-0.39, 0.29) is 36.1 Å². The van der Waals surface area contributed by atoms with Gasteiger partial charge in [0, 0.05) is 19.0 Å². The first-order valence-corrected chi connectivity index (χ1v) is 11.3. The fourth-order valence-corrected chi connectivity index (χ4v) is 6.02. The molecule has 4 rings (SSSR count). The Morgan fingerprint density at radius 2 is 2.14 bits per heavy atom. The zero-order valence-corrected chi connectivity index (χ0v) is 17.8. The van der Waals surface area contributed by atoms with E-state index in [9.17, 15) is 14.4 Å². The molecule has 1 saturated heterocycles. The summed E-state index contributed by atoms with van der Waals surface area (Å²) in [5.41, 5.74) is 1.99. The van der Waals surface area contributed by atoms with Crippen molar-refractivity contribution in [3.05, 3.63) is 40.3 Å². The highest BCUT2D eigenvalue weighted by Gasteiger charge is 2.42. The normalized spacial score (nSPS) is 28.4. The second-order valence-corrected chi connectivity index (χ2v) is 9.69. The van der Waals surface area contributed by atoms with Crippen LogP contribution in [0.4, 0.5) is 4.79 Å². The number of nitrogens with one attached hydrogen (secondary N) is 1. The lowest BCUT2D eigenvalue weighted by Gasteiger charge is -2.28. The summed E-state index contributed by atoms with van der Waals surface area (Å²) in [6.07, 6.45) is 7.07. The monoisotopic (exact) mass is 412 g/mol. The molecule has 3 aliphatic rings. The van der Waals surface area contributed by atoms with Crippen molar-refractivity contribution in [2.45, 2.75) is 52.0 Å². The lowest BCUT2D eigenvalue weighted by Crippen LogP contribution is -2.41. The van der Waals surface area contributed by atoms with Crippen LogP contribution in [0.1, 0.15) is 50.2 Å². The molecule has 0 unspecified atom stereocenters. The van der Waals surface area contributed by atoms with Crippen LogP contribution in [-0.4, -0.2) is 34.5 Å². The third-order valence-electron chi connectivity index (χ3n) is 6.60. The third-order valence-corrected chi connectivity index (χ3v) is 7.51. The van der Waals surface area contributed by atoms with E-state index < -0.39 is 0 Å². The van der Waals surface area contributed by atoms with Gasteiger partial charge in [-0.15, -0.1) is 0 Å². The predicted molar refractivity (Wildman–Crippen MR) is 115 cm³/mol. The summed E-state index contributed by atoms with van der Waals surface area (Å²) >= 11 is 0.943. The first kappa shape index (κ1) is 20.2. The van der Waals surface area contributed by atoms with Crippen LogP contribution in [0.2, 0.25) is 0 Å². The molecule has 0 aromatic heterocycles. The minimum absolute atomic E-state index is 0.0815. The number of carbonyl (C=O) groups is 3. The number of thioether (sulfide) groups is 1. The molecule has 2 bridgehead atoms. The zero-order chi connectivity index (χ0) is 20.5. The van der Waals surface area contributed by atoms with Gasteiger partial charge < -0.3 is 5.32 Å². The predicted octanol–water partition coefficient (Wildman–Crippen LogP) is 4.36. The molecule has 1 N–H and O–H groups in total. The molecule has 0 spiro atoms. The molecule has 1 aromatic rings. The maximum atomic E-state index is 12.6. The number of hydrogen-bond donors (Lipinski definition) is 1. The van der Waals surface area contributed by atoms with Crippen LogP contribution in [0.25, 0.3) is 6.08 Å². The molecule has 29 heavy (non-hydrogen) atoms. The van der Waals surface area contributed by atoms with Crippen molar-refractivity contribution in [3.63, 3.8) is 0 Å². The Morgan fingerprint density at radius 1 is 1.31 bits per heavy atom. The summed E-state index contributed by atoms with van der Waals surface area (Å²) in [5, 5.41) is 2.81. The van der Waals surface area contributed by atoms with Crippen LogP contribution in [0.5, 0.6) is 0 Å². The second-order valence-electron chi connectivity index (χ2n) is 8.69. The number of benzene rings is 1. The molecule has 154 valence electrons. The lowest BCUT2D eigenvalue weighted by molar-refractivity contribution is -0.124. The Kier molecular flexibility index (Phi) is 5.81. The molecular formula is C23H28N2O3S. The van der Waals surface area contributed by atoms with Gasteiger partial charge in [0.25, 0.3) is 11.1 Å². The number of amides is 3. The molecule has 3 fully saturated rings. The maximum absolute atomic E-state index is 12.6. The van der Waals surface area contributed by atoms with Gasteiger partial charge in [-0.2, -0.15) is 0 Å². The van der Waals surface area contributed by atoms with E-state index >= 15 is 0 Å². The van der Waals surface area contributed by atoms with Crippen molar-refractivity contribution in [2.75, 3.05) is 6.54 Å². The van der Waals surface area contributed by atoms with Crippen molar-refractivity contribution in [2.24, 2.45) is 17.8 Å². The van der Waals surface area contributed by atoms with Gasteiger partial charge in [0.05, 0.1) is 4.91 Å². The highest BCUT2D eigenvalue weighted by Crippen LogP contribution is 2.49. The summed E-state index contributed by atoms with van der Waals surface area (Å²) < 4.78 is 0. The quantitative estimate of drug-likeness (QED) is 0.705. The Bertz CT molecular complexity index is 865. The van der Waals surface area contributed by atoms with Crippen molar-refractivity contribution < 1.29 is 14.4 Å². The second kappa shape index (κ2) is 8.34. The van der Waals surface area contributed by atoms with E-state index in [1.54, 1.807) is 6.08 Å². The van der Waals surface area contributed by atoms with Gasteiger partial charge in [-0.25, -0.2) is 0 Å². The molecule has 1 heterocycles. The average molecular weight is 413 g/mol. The lowest BCUT2D eigenvalue weighted by atomic mass is 9.84. The molecule has 5 nitrogen and oxygen atoms in total. The van der Waals surface area contributed by atoms with E-state index in [1.807, 2.05) is 31.2 Å². The SMILES string of the molecule is Cc1cccc(/C=C2\SC(=O)N(CCC(=O)N[C@H](C)[C@H]3C[C@@H]4CC[C@H]3C4)C2=O)c1. The Hall–Kier alpha value is -2.08. The number of nitrogens with zero attached hydrogens (tertiary/aromatic N) is 1. The number of imide groups is 1. The van der Waals surface area contributed by atoms with Gasteiger partial charge in [-0.3, -0.25) is 19.3 Å². The van der Waals surface area contributed by atoms with Crippen LogP contribution in [0.3, 0.4) is 0 Å². The molecule has 2 saturated carbocycles. The van der Waals surface area contributed by atoms with E-state index in [0.29, 0.717) is 10.8 Å². The minimum Gasteiger partial charge on any atom is -0.353 e. The maximum Gasteiger partial charge on any atom is 0.293 e. The average Bonchev–Trinajstić information content (AvgIpc) is 3.36. The first-order chi connectivity index (χ1) is 13.9. The van der Waals surface area contributed by atoms with Crippen LogP contribution in [0, 0.1) is 24.7 Å². The molecule has 6 heteroatoms. The van der Waals surface area contributed by atoms with Gasteiger partial charge >= 0.3 is 0 Å². The van der Waals surface area contributed by atoms with Crippen LogP contribution >= 0.6 is 11.8 Å². The fraction of sp³-hybridized carbons (Fsp3) is 0.522. The smallest absolute Gasteiger partial charge is 0.293 e. The summed E-state index contributed by atoms with van der Waals surface area (Å²) in [5.74, 6) is 1.78. The summed E-state index contributed by atoms with van der Waals surface area (Å²) in [4.78, 5) is 38.9. The van der Waals surface area contributed by atoms with Gasteiger partial charge in [0.15, 0.2) is 0 Å². The van der Waals surface area contributed by atoms with E-state index in [0.717, 1.165) is 34.7 Å². The summed E-state index contributed by atoms with van der Waals surface area (Å²) in [6, 6.07) is 7.95. The summed E-state index contributed by atoms with van der Waals surface area (Å²) in [7, 11) is 0. The summed E-state index contributed by atoms with van der Waals surface area (Å²) in [6.45, 7) is 4.21.